The van der Waals surface area contributed by atoms with Crippen molar-refractivity contribution in [2.45, 2.75) is 0 Å². The summed E-state index contributed by atoms with van der Waals surface area (Å²) < 4.78 is 23.5. The molecule has 4 rings (SSSR count). The zero-order valence-corrected chi connectivity index (χ0v) is 12.1. The summed E-state index contributed by atoms with van der Waals surface area (Å²) >= 11 is 1.45. The monoisotopic (exact) mass is 315 g/mol. The Kier molecular flexibility index (Phi) is 3.12. The van der Waals surface area contributed by atoms with Crippen molar-refractivity contribution in [3.8, 4) is 22.8 Å². The van der Waals surface area contributed by atoms with Crippen molar-refractivity contribution in [1.29, 1.82) is 0 Å². The average molecular weight is 315 g/mol. The molecule has 0 amide bonds. The fraction of sp³-hybridized carbons (Fsp3) is 0.0667. The first-order valence-corrected chi connectivity index (χ1v) is 7.40. The molecule has 3 heterocycles. The Morgan fingerprint density at radius 1 is 1.14 bits per heavy atom. The Balaban J connectivity index is 1.57. The van der Waals surface area contributed by atoms with Crippen LogP contribution in [0.4, 0.5) is 15.3 Å². The van der Waals surface area contributed by atoms with E-state index in [1.54, 1.807) is 6.07 Å². The van der Waals surface area contributed by atoms with Crippen LogP contribution >= 0.6 is 11.3 Å². The van der Waals surface area contributed by atoms with Gasteiger partial charge < -0.3 is 14.8 Å². The van der Waals surface area contributed by atoms with Crippen molar-refractivity contribution in [2.24, 2.45) is 0 Å². The molecule has 0 fully saturated rings. The quantitative estimate of drug-likeness (QED) is 0.796. The summed E-state index contributed by atoms with van der Waals surface area (Å²) in [5, 5.41) is 5.67. The lowest BCUT2D eigenvalue weighted by Gasteiger charge is -2.01. The van der Waals surface area contributed by atoms with Gasteiger partial charge in [-0.05, 0) is 30.3 Å². The summed E-state index contributed by atoms with van der Waals surface area (Å²) in [5.41, 5.74) is 1.77. The number of halogens is 1. The maximum Gasteiger partial charge on any atom is 0.231 e. The summed E-state index contributed by atoms with van der Waals surface area (Å²) in [6.45, 7) is 0.249. The molecule has 1 N–H and O–H groups in total. The Hall–Kier alpha value is -2.67. The third-order valence-electron chi connectivity index (χ3n) is 3.13. The number of aromatic nitrogens is 2. The first-order valence-electron chi connectivity index (χ1n) is 6.52. The summed E-state index contributed by atoms with van der Waals surface area (Å²) in [7, 11) is 0. The van der Waals surface area contributed by atoms with E-state index in [1.807, 2.05) is 23.6 Å². The Bertz CT molecular complexity index is 820. The van der Waals surface area contributed by atoms with Gasteiger partial charge in [-0.15, -0.1) is 11.3 Å². The zero-order chi connectivity index (χ0) is 14.9. The van der Waals surface area contributed by atoms with E-state index in [4.69, 9.17) is 9.47 Å². The number of benzene rings is 1. The van der Waals surface area contributed by atoms with E-state index in [2.05, 4.69) is 15.3 Å². The van der Waals surface area contributed by atoms with Gasteiger partial charge >= 0.3 is 0 Å². The number of hydrogen-bond acceptors (Lipinski definition) is 6. The van der Waals surface area contributed by atoms with Gasteiger partial charge in [-0.1, -0.05) is 0 Å². The van der Waals surface area contributed by atoms with Crippen LogP contribution in [0.5, 0.6) is 11.5 Å². The van der Waals surface area contributed by atoms with Gasteiger partial charge in [0.15, 0.2) is 16.6 Å². The van der Waals surface area contributed by atoms with Gasteiger partial charge in [-0.25, -0.2) is 14.4 Å². The number of nitrogens with one attached hydrogen (secondary N) is 1. The van der Waals surface area contributed by atoms with E-state index in [0.717, 1.165) is 29.0 Å². The molecule has 22 heavy (non-hydrogen) atoms. The predicted octanol–water partition coefficient (Wildman–Crippen LogP) is 3.82. The number of fused-ring (bicyclic) bond motifs is 1. The minimum absolute atomic E-state index is 0.249. The van der Waals surface area contributed by atoms with Crippen LogP contribution < -0.4 is 14.8 Å². The van der Waals surface area contributed by atoms with Gasteiger partial charge in [0.2, 0.25) is 6.79 Å². The van der Waals surface area contributed by atoms with Crippen molar-refractivity contribution in [2.75, 3.05) is 12.1 Å². The highest BCUT2D eigenvalue weighted by atomic mass is 32.1. The van der Waals surface area contributed by atoms with E-state index < -0.39 is 0 Å². The highest BCUT2D eigenvalue weighted by Crippen LogP contribution is 2.36. The van der Waals surface area contributed by atoms with Gasteiger partial charge in [-0.3, -0.25) is 0 Å². The molecule has 0 spiro atoms. The largest absolute Gasteiger partial charge is 0.454 e. The number of thiazole rings is 1. The molecule has 0 radical (unpaired) electrons. The Morgan fingerprint density at radius 3 is 2.91 bits per heavy atom. The number of hydrogen-bond donors (Lipinski definition) is 1. The van der Waals surface area contributed by atoms with E-state index in [9.17, 15) is 4.39 Å². The molecular formula is C15H10FN3O2S. The molecule has 0 bridgehead atoms. The third kappa shape index (κ3) is 2.46. The van der Waals surface area contributed by atoms with E-state index in [1.165, 1.54) is 17.4 Å². The van der Waals surface area contributed by atoms with Crippen molar-refractivity contribution < 1.29 is 13.9 Å². The molecule has 0 atom stereocenters. The third-order valence-corrected chi connectivity index (χ3v) is 3.89. The Labute approximate surface area is 129 Å². The predicted molar refractivity (Wildman–Crippen MR) is 81.2 cm³/mol. The van der Waals surface area contributed by atoms with Gasteiger partial charge in [0.05, 0.1) is 11.9 Å². The van der Waals surface area contributed by atoms with Gasteiger partial charge in [0.1, 0.15) is 11.6 Å². The molecule has 0 saturated heterocycles. The van der Waals surface area contributed by atoms with Crippen LogP contribution in [0.2, 0.25) is 0 Å². The fourth-order valence-corrected chi connectivity index (χ4v) is 2.81. The molecule has 0 saturated carbocycles. The van der Waals surface area contributed by atoms with Crippen molar-refractivity contribution in [3.05, 3.63) is 47.7 Å². The summed E-state index contributed by atoms with van der Waals surface area (Å²) in [6.07, 6.45) is 1.16. The van der Waals surface area contributed by atoms with Gasteiger partial charge in [0, 0.05) is 10.9 Å². The number of pyridine rings is 1. The number of ether oxygens (including phenoxy) is 2. The maximum atomic E-state index is 12.8. The molecule has 1 aromatic carbocycles. The average Bonchev–Trinajstić information content (AvgIpc) is 3.17. The van der Waals surface area contributed by atoms with Crippen LogP contribution in [0.3, 0.4) is 0 Å². The molecule has 0 aliphatic carbocycles. The second-order valence-corrected chi connectivity index (χ2v) is 5.45. The topological polar surface area (TPSA) is 56.3 Å². The highest BCUT2D eigenvalue weighted by molar-refractivity contribution is 7.14. The smallest absolute Gasteiger partial charge is 0.231 e. The normalized spacial score (nSPS) is 12.4. The van der Waals surface area contributed by atoms with Crippen LogP contribution in [0.1, 0.15) is 0 Å². The summed E-state index contributed by atoms with van der Waals surface area (Å²) in [4.78, 5) is 8.45. The SMILES string of the molecule is Fc1ccc(Nc2nc(-c3ccc4c(c3)OCO4)cs2)nc1. The lowest BCUT2D eigenvalue weighted by molar-refractivity contribution is 0.174. The molecule has 1 aliphatic rings. The lowest BCUT2D eigenvalue weighted by atomic mass is 10.1. The van der Waals surface area contributed by atoms with Crippen LogP contribution in [-0.2, 0) is 0 Å². The van der Waals surface area contributed by atoms with Crippen molar-refractivity contribution >= 4 is 22.3 Å². The van der Waals surface area contributed by atoms with Gasteiger partial charge in [0.25, 0.3) is 0 Å². The van der Waals surface area contributed by atoms with Crippen LogP contribution in [0.15, 0.2) is 41.9 Å². The fourth-order valence-electron chi connectivity index (χ4n) is 2.08. The number of nitrogens with zero attached hydrogens (tertiary/aromatic N) is 2. The molecular weight excluding hydrogens is 305 g/mol. The molecule has 0 unspecified atom stereocenters. The van der Waals surface area contributed by atoms with E-state index in [0.29, 0.717) is 10.9 Å². The number of rotatable bonds is 3. The molecule has 110 valence electrons. The summed E-state index contributed by atoms with van der Waals surface area (Å²) in [6, 6.07) is 8.62. The lowest BCUT2D eigenvalue weighted by Crippen LogP contribution is -1.93. The van der Waals surface area contributed by atoms with Gasteiger partial charge in [-0.2, -0.15) is 0 Å². The second kappa shape index (κ2) is 5.27. The summed E-state index contributed by atoms with van der Waals surface area (Å²) in [5.74, 6) is 1.65. The van der Waals surface area contributed by atoms with Crippen LogP contribution in [-0.4, -0.2) is 16.8 Å². The molecule has 7 heteroatoms. The van der Waals surface area contributed by atoms with Crippen LogP contribution in [0, 0.1) is 5.82 Å². The molecule has 3 aromatic rings. The second-order valence-electron chi connectivity index (χ2n) is 4.59. The van der Waals surface area contributed by atoms with E-state index in [-0.39, 0.29) is 12.6 Å². The first kappa shape index (κ1) is 13.0. The highest BCUT2D eigenvalue weighted by Gasteiger charge is 2.15. The Morgan fingerprint density at radius 2 is 2.05 bits per heavy atom. The standard InChI is InChI=1S/C15H10FN3O2S/c16-10-2-4-14(17-6-10)19-15-18-11(7-22-15)9-1-3-12-13(5-9)21-8-20-12/h1-7H,8H2,(H,17,18,19). The van der Waals surface area contributed by atoms with Crippen LogP contribution in [0.25, 0.3) is 11.3 Å². The number of anilines is 2. The molecule has 2 aromatic heterocycles. The molecule has 5 nitrogen and oxygen atoms in total. The minimum Gasteiger partial charge on any atom is -0.454 e. The minimum atomic E-state index is -0.370. The molecule has 1 aliphatic heterocycles. The first-order chi connectivity index (χ1) is 10.8. The van der Waals surface area contributed by atoms with E-state index >= 15 is 0 Å². The maximum absolute atomic E-state index is 12.8. The van der Waals surface area contributed by atoms with Crippen molar-refractivity contribution in [1.82, 2.24) is 9.97 Å². The van der Waals surface area contributed by atoms with Crippen molar-refractivity contribution in [3.63, 3.8) is 0 Å². The zero-order valence-electron chi connectivity index (χ0n) is 11.2.